The third-order valence-electron chi connectivity index (χ3n) is 3.50. The highest BCUT2D eigenvalue weighted by Gasteiger charge is 2.10. The second-order valence-corrected chi connectivity index (χ2v) is 4.88. The van der Waals surface area contributed by atoms with Gasteiger partial charge in [0.05, 0.1) is 0 Å². The molecule has 2 N–H and O–H groups in total. The highest BCUT2D eigenvalue weighted by atomic mass is 14.6. The minimum Gasteiger partial charge on any atom is -0.398 e. The summed E-state index contributed by atoms with van der Waals surface area (Å²) in [7, 11) is 1.78. The Morgan fingerprint density at radius 2 is 2.06 bits per heavy atom. The molecule has 1 atom stereocenters. The van der Waals surface area contributed by atoms with E-state index in [2.05, 4.69) is 31.0 Å². The summed E-state index contributed by atoms with van der Waals surface area (Å²) >= 11 is 0. The van der Waals surface area contributed by atoms with E-state index in [1.807, 2.05) is 12.3 Å². The number of anilines is 1. The molecule has 0 amide bonds. The number of rotatable bonds is 7. The normalized spacial score (nSPS) is 13.1. The van der Waals surface area contributed by atoms with Crippen LogP contribution in [0.15, 0.2) is 23.2 Å². The Labute approximate surface area is 111 Å². The Balaban J connectivity index is 2.82. The SMILES string of the molecule is CCCCCC(CC)c1ccc(N)c(C=NC)c1. The van der Waals surface area contributed by atoms with E-state index in [4.69, 9.17) is 5.73 Å². The van der Waals surface area contributed by atoms with E-state index in [9.17, 15) is 0 Å². The summed E-state index contributed by atoms with van der Waals surface area (Å²) in [5, 5.41) is 0. The molecular weight excluding hydrogens is 220 g/mol. The average Bonchev–Trinajstić information content (AvgIpc) is 2.38. The fourth-order valence-corrected chi connectivity index (χ4v) is 2.35. The van der Waals surface area contributed by atoms with Crippen LogP contribution in [0.3, 0.4) is 0 Å². The maximum Gasteiger partial charge on any atom is 0.0403 e. The predicted molar refractivity (Wildman–Crippen MR) is 81.5 cm³/mol. The molecule has 0 saturated heterocycles. The molecule has 0 saturated carbocycles. The van der Waals surface area contributed by atoms with Crippen molar-refractivity contribution in [1.82, 2.24) is 0 Å². The molecule has 2 nitrogen and oxygen atoms in total. The Hall–Kier alpha value is -1.31. The van der Waals surface area contributed by atoms with E-state index >= 15 is 0 Å². The topological polar surface area (TPSA) is 38.4 Å². The number of unbranched alkanes of at least 4 members (excludes halogenated alkanes) is 2. The number of nitrogens with two attached hydrogens (primary N) is 1. The van der Waals surface area contributed by atoms with Crippen molar-refractivity contribution in [3.05, 3.63) is 29.3 Å². The lowest BCUT2D eigenvalue weighted by Gasteiger charge is -2.16. The van der Waals surface area contributed by atoms with Gasteiger partial charge >= 0.3 is 0 Å². The molecule has 18 heavy (non-hydrogen) atoms. The lowest BCUT2D eigenvalue weighted by Crippen LogP contribution is -2.01. The van der Waals surface area contributed by atoms with Gasteiger partial charge in [-0.25, -0.2) is 0 Å². The van der Waals surface area contributed by atoms with Crippen molar-refractivity contribution >= 4 is 11.9 Å². The van der Waals surface area contributed by atoms with Crippen LogP contribution in [-0.4, -0.2) is 13.3 Å². The van der Waals surface area contributed by atoms with E-state index in [1.165, 1.54) is 37.7 Å². The van der Waals surface area contributed by atoms with Crippen LogP contribution in [0, 0.1) is 0 Å². The Morgan fingerprint density at radius 3 is 2.67 bits per heavy atom. The molecule has 1 rings (SSSR count). The fraction of sp³-hybridized carbons (Fsp3) is 0.562. The minimum absolute atomic E-state index is 0.654. The predicted octanol–water partition coefficient (Wildman–Crippen LogP) is 4.39. The van der Waals surface area contributed by atoms with Gasteiger partial charge in [-0.1, -0.05) is 39.2 Å². The van der Waals surface area contributed by atoms with Gasteiger partial charge in [0, 0.05) is 24.5 Å². The minimum atomic E-state index is 0.654. The van der Waals surface area contributed by atoms with Crippen LogP contribution in [0.25, 0.3) is 0 Å². The first kappa shape index (κ1) is 14.7. The number of hydrogen-bond donors (Lipinski definition) is 1. The molecule has 0 fully saturated rings. The summed E-state index contributed by atoms with van der Waals surface area (Å²) in [6.45, 7) is 4.51. The lowest BCUT2D eigenvalue weighted by atomic mass is 9.90. The van der Waals surface area contributed by atoms with Crippen molar-refractivity contribution < 1.29 is 0 Å². The Morgan fingerprint density at radius 1 is 1.28 bits per heavy atom. The summed E-state index contributed by atoms with van der Waals surface area (Å²) in [5.74, 6) is 0.654. The lowest BCUT2D eigenvalue weighted by molar-refractivity contribution is 0.553. The molecule has 0 bridgehead atoms. The highest BCUT2D eigenvalue weighted by Crippen LogP contribution is 2.27. The third-order valence-corrected chi connectivity index (χ3v) is 3.50. The molecule has 0 aliphatic heterocycles. The first-order chi connectivity index (χ1) is 8.72. The molecule has 1 aromatic rings. The van der Waals surface area contributed by atoms with Crippen LogP contribution in [0.5, 0.6) is 0 Å². The third kappa shape index (κ3) is 4.17. The maximum atomic E-state index is 5.95. The van der Waals surface area contributed by atoms with E-state index < -0.39 is 0 Å². The van der Waals surface area contributed by atoms with Gasteiger partial charge in [0.2, 0.25) is 0 Å². The molecule has 2 heteroatoms. The Bertz CT molecular complexity index is 383. The molecule has 0 aliphatic rings. The largest absolute Gasteiger partial charge is 0.398 e. The highest BCUT2D eigenvalue weighted by molar-refractivity contribution is 5.87. The number of nitrogen functional groups attached to an aromatic ring is 1. The van der Waals surface area contributed by atoms with Gasteiger partial charge in [-0.3, -0.25) is 4.99 Å². The molecule has 0 radical (unpaired) electrons. The van der Waals surface area contributed by atoms with Crippen molar-refractivity contribution in [1.29, 1.82) is 0 Å². The molecule has 1 aromatic carbocycles. The van der Waals surface area contributed by atoms with E-state index in [0.717, 1.165) is 11.3 Å². The number of benzene rings is 1. The van der Waals surface area contributed by atoms with E-state index in [-0.39, 0.29) is 0 Å². The van der Waals surface area contributed by atoms with Gasteiger partial charge in [-0.15, -0.1) is 0 Å². The maximum absolute atomic E-state index is 5.95. The summed E-state index contributed by atoms with van der Waals surface area (Å²) in [4.78, 5) is 4.06. The van der Waals surface area contributed by atoms with Gasteiger partial charge in [0.25, 0.3) is 0 Å². The van der Waals surface area contributed by atoms with Crippen molar-refractivity contribution in [3.8, 4) is 0 Å². The van der Waals surface area contributed by atoms with Crippen molar-refractivity contribution in [2.75, 3.05) is 12.8 Å². The first-order valence-corrected chi connectivity index (χ1v) is 7.04. The Kier molecular flexibility index (Phi) is 6.48. The summed E-state index contributed by atoms with van der Waals surface area (Å²) in [6.07, 6.45) is 8.24. The summed E-state index contributed by atoms with van der Waals surface area (Å²) < 4.78 is 0. The molecule has 0 aliphatic carbocycles. The van der Waals surface area contributed by atoms with Gasteiger partial charge in [0.15, 0.2) is 0 Å². The molecule has 100 valence electrons. The number of hydrogen-bond acceptors (Lipinski definition) is 2. The zero-order chi connectivity index (χ0) is 13.4. The molecule has 0 aromatic heterocycles. The smallest absolute Gasteiger partial charge is 0.0403 e. The van der Waals surface area contributed by atoms with Gasteiger partial charge in [-0.2, -0.15) is 0 Å². The summed E-state index contributed by atoms with van der Waals surface area (Å²) in [5.41, 5.74) is 9.21. The van der Waals surface area contributed by atoms with Gasteiger partial charge in [-0.05, 0) is 36.5 Å². The molecular formula is C16H26N2. The van der Waals surface area contributed by atoms with Crippen LogP contribution in [0.2, 0.25) is 0 Å². The van der Waals surface area contributed by atoms with Crippen LogP contribution >= 0.6 is 0 Å². The fourth-order valence-electron chi connectivity index (χ4n) is 2.35. The van der Waals surface area contributed by atoms with Crippen molar-refractivity contribution in [2.24, 2.45) is 4.99 Å². The summed E-state index contributed by atoms with van der Waals surface area (Å²) in [6, 6.07) is 6.37. The standard InChI is InChI=1S/C16H26N2/c1-4-6-7-8-13(5-2)14-9-10-16(17)15(11-14)12-18-3/h9-13H,4-8,17H2,1-3H3. The zero-order valence-corrected chi connectivity index (χ0v) is 11.9. The average molecular weight is 246 g/mol. The second-order valence-electron chi connectivity index (χ2n) is 4.88. The van der Waals surface area contributed by atoms with Crippen LogP contribution in [0.4, 0.5) is 5.69 Å². The molecule has 0 spiro atoms. The van der Waals surface area contributed by atoms with Crippen LogP contribution < -0.4 is 5.73 Å². The van der Waals surface area contributed by atoms with E-state index in [1.54, 1.807) is 7.05 Å². The first-order valence-electron chi connectivity index (χ1n) is 7.04. The van der Waals surface area contributed by atoms with Crippen molar-refractivity contribution in [2.45, 2.75) is 51.9 Å². The quantitative estimate of drug-likeness (QED) is 0.432. The molecule has 0 heterocycles. The zero-order valence-electron chi connectivity index (χ0n) is 11.9. The number of nitrogens with zero attached hydrogens (tertiary/aromatic N) is 1. The van der Waals surface area contributed by atoms with Crippen LogP contribution in [-0.2, 0) is 0 Å². The number of aliphatic imine (C=N–C) groups is 1. The molecule has 1 unspecified atom stereocenters. The van der Waals surface area contributed by atoms with Crippen LogP contribution in [0.1, 0.15) is 63.0 Å². The van der Waals surface area contributed by atoms with Gasteiger partial charge < -0.3 is 5.73 Å². The second kappa shape index (κ2) is 7.91. The van der Waals surface area contributed by atoms with Gasteiger partial charge in [0.1, 0.15) is 0 Å². The van der Waals surface area contributed by atoms with Crippen molar-refractivity contribution in [3.63, 3.8) is 0 Å². The van der Waals surface area contributed by atoms with E-state index in [0.29, 0.717) is 5.92 Å². The monoisotopic (exact) mass is 246 g/mol.